The highest BCUT2D eigenvalue weighted by Gasteiger charge is 2.52. The molecule has 8 nitrogen and oxygen atoms in total. The lowest BCUT2D eigenvalue weighted by atomic mass is 9.82. The van der Waals surface area contributed by atoms with Gasteiger partial charge in [0.2, 0.25) is 0 Å². The molecule has 0 atom stereocenters. The molecule has 6 rings (SSSR count). The average Bonchev–Trinajstić information content (AvgIpc) is 3.23. The topological polar surface area (TPSA) is 102 Å². The molecule has 0 saturated carbocycles. The van der Waals surface area contributed by atoms with E-state index < -0.39 is 5.54 Å². The summed E-state index contributed by atoms with van der Waals surface area (Å²) in [6, 6.07) is 26.2. The first kappa shape index (κ1) is 23.5. The van der Waals surface area contributed by atoms with Crippen LogP contribution in [0.3, 0.4) is 0 Å². The zero-order valence-electron chi connectivity index (χ0n) is 20.7. The summed E-state index contributed by atoms with van der Waals surface area (Å²) in [6.45, 7) is 1.16. The van der Waals surface area contributed by atoms with Crippen molar-refractivity contribution in [3.8, 4) is 0 Å². The molecule has 4 aromatic rings. The number of nitrogens with zero attached hydrogens (tertiary/aromatic N) is 4. The number of aromatic nitrogens is 2. The molecule has 38 heavy (non-hydrogen) atoms. The Morgan fingerprint density at radius 1 is 0.895 bits per heavy atom. The van der Waals surface area contributed by atoms with Crippen molar-refractivity contribution in [2.45, 2.75) is 25.0 Å². The molecule has 1 saturated heterocycles. The van der Waals surface area contributed by atoms with E-state index in [2.05, 4.69) is 15.3 Å². The summed E-state index contributed by atoms with van der Waals surface area (Å²) in [6.07, 6.45) is 3.99. The van der Waals surface area contributed by atoms with E-state index in [0.29, 0.717) is 25.1 Å². The van der Waals surface area contributed by atoms with E-state index in [1.807, 2.05) is 72.8 Å². The van der Waals surface area contributed by atoms with Crippen LogP contribution in [0.4, 0.5) is 0 Å². The maximum absolute atomic E-state index is 14.1. The van der Waals surface area contributed by atoms with Crippen LogP contribution in [-0.4, -0.2) is 44.1 Å². The van der Waals surface area contributed by atoms with Gasteiger partial charge in [0.25, 0.3) is 11.8 Å². The van der Waals surface area contributed by atoms with E-state index in [4.69, 9.17) is 5.41 Å². The fraction of sp³-hybridized carbons (Fsp3) is 0.167. The highest BCUT2D eigenvalue weighted by molar-refractivity contribution is 6.10. The molecule has 0 bridgehead atoms. The molecule has 2 aliphatic heterocycles. The Labute approximate surface area is 220 Å². The summed E-state index contributed by atoms with van der Waals surface area (Å²) < 4.78 is 0. The minimum atomic E-state index is -1.20. The van der Waals surface area contributed by atoms with Gasteiger partial charge < -0.3 is 10.2 Å². The Balaban J connectivity index is 1.27. The summed E-state index contributed by atoms with van der Waals surface area (Å²) in [5.41, 5.74) is 3.40. The highest BCUT2D eigenvalue weighted by Crippen LogP contribution is 2.36. The summed E-state index contributed by atoms with van der Waals surface area (Å²) in [7, 11) is 0. The molecule has 3 heterocycles. The molecular weight excluding hydrogens is 476 g/mol. The van der Waals surface area contributed by atoms with Crippen LogP contribution < -0.4 is 5.32 Å². The Bertz CT molecular complexity index is 1480. The maximum Gasteiger partial charge on any atom is 0.264 e. The Hall–Kier alpha value is -4.85. The van der Waals surface area contributed by atoms with Crippen LogP contribution in [-0.2, 0) is 29.8 Å². The van der Waals surface area contributed by atoms with E-state index in [-0.39, 0.29) is 24.3 Å². The largest absolute Gasteiger partial charge is 0.334 e. The maximum atomic E-state index is 14.1. The fourth-order valence-electron chi connectivity index (χ4n) is 5.27. The van der Waals surface area contributed by atoms with Gasteiger partial charge in [-0.1, -0.05) is 72.8 Å². The zero-order valence-corrected chi connectivity index (χ0v) is 20.7. The van der Waals surface area contributed by atoms with Gasteiger partial charge in [-0.2, -0.15) is 0 Å². The van der Waals surface area contributed by atoms with Gasteiger partial charge >= 0.3 is 0 Å². The third-order valence-corrected chi connectivity index (χ3v) is 7.18. The molecule has 8 heteroatoms. The number of carbonyl (C=O) groups excluding carboxylic acids is 2. The lowest BCUT2D eigenvalue weighted by Crippen LogP contribution is -2.45. The monoisotopic (exact) mass is 502 g/mol. The molecule has 1 aromatic heterocycles. The third kappa shape index (κ3) is 4.00. The zero-order chi connectivity index (χ0) is 26.1. The second-order valence-corrected chi connectivity index (χ2v) is 9.47. The van der Waals surface area contributed by atoms with Gasteiger partial charge in [-0.3, -0.25) is 29.9 Å². The summed E-state index contributed by atoms with van der Waals surface area (Å²) in [5.74, 6) is -0.305. The predicted octanol–water partition coefficient (Wildman–Crippen LogP) is 3.49. The first-order valence-electron chi connectivity index (χ1n) is 12.5. The minimum absolute atomic E-state index is 0.0191. The van der Waals surface area contributed by atoms with Crippen molar-refractivity contribution in [3.05, 3.63) is 131 Å². The van der Waals surface area contributed by atoms with Gasteiger partial charge in [0.1, 0.15) is 0 Å². The number of fused-ring (bicyclic) bond motifs is 1. The summed E-state index contributed by atoms with van der Waals surface area (Å²) >= 11 is 0. The van der Waals surface area contributed by atoms with Crippen LogP contribution in [0.2, 0.25) is 0 Å². The molecule has 0 unspecified atom stereocenters. The lowest BCUT2D eigenvalue weighted by Gasteiger charge is -2.28. The van der Waals surface area contributed by atoms with Crippen LogP contribution in [0.1, 0.15) is 38.4 Å². The van der Waals surface area contributed by atoms with Gasteiger partial charge in [-0.25, -0.2) is 0 Å². The second kappa shape index (κ2) is 9.55. The van der Waals surface area contributed by atoms with Crippen LogP contribution >= 0.6 is 0 Å². The molecule has 2 aliphatic rings. The van der Waals surface area contributed by atoms with Crippen LogP contribution in [0.5, 0.6) is 0 Å². The standard InChI is InChI=1S/C30H26N6O2/c31-29-34-30(23-10-3-1-4-11-23,24-12-5-2-6-13-24)28(38)36(29)19-21-8-7-9-22(18-21)27(37)35-17-14-25-26(20-35)33-16-15-32-25/h1-13,15-16,18H,14,17,19-20H2,(H2,31,34). The normalized spacial score (nSPS) is 16.2. The number of hydrogen-bond acceptors (Lipinski definition) is 5. The first-order chi connectivity index (χ1) is 18.6. The van der Waals surface area contributed by atoms with Crippen molar-refractivity contribution in [2.24, 2.45) is 0 Å². The van der Waals surface area contributed by atoms with Gasteiger partial charge in [-0.15, -0.1) is 0 Å². The molecule has 0 aliphatic carbocycles. The van der Waals surface area contributed by atoms with Crippen molar-refractivity contribution in [1.29, 1.82) is 5.41 Å². The fourth-order valence-corrected chi connectivity index (χ4v) is 5.27. The molecule has 188 valence electrons. The summed E-state index contributed by atoms with van der Waals surface area (Å²) in [4.78, 5) is 39.4. The Morgan fingerprint density at radius 3 is 2.24 bits per heavy atom. The van der Waals surface area contributed by atoms with Gasteiger partial charge in [0, 0.05) is 30.9 Å². The third-order valence-electron chi connectivity index (χ3n) is 7.18. The SMILES string of the molecule is N=C1NC(c2ccccc2)(c2ccccc2)C(=O)N1Cc1cccc(C(=O)N2CCc3nccnc3C2)c1. The molecule has 2 N–H and O–H groups in total. The van der Waals surface area contributed by atoms with E-state index in [0.717, 1.165) is 28.1 Å². The molecule has 0 radical (unpaired) electrons. The van der Waals surface area contributed by atoms with Gasteiger partial charge in [0.15, 0.2) is 11.5 Å². The van der Waals surface area contributed by atoms with E-state index in [9.17, 15) is 9.59 Å². The van der Waals surface area contributed by atoms with Crippen molar-refractivity contribution >= 4 is 17.8 Å². The number of benzene rings is 3. The second-order valence-electron chi connectivity index (χ2n) is 9.47. The molecular formula is C30H26N6O2. The predicted molar refractivity (Wildman–Crippen MR) is 142 cm³/mol. The van der Waals surface area contributed by atoms with Gasteiger partial charge in [-0.05, 0) is 28.8 Å². The number of nitrogens with one attached hydrogen (secondary N) is 2. The Morgan fingerprint density at radius 2 is 1.55 bits per heavy atom. The number of carbonyl (C=O) groups is 2. The average molecular weight is 503 g/mol. The number of amides is 2. The number of rotatable bonds is 5. The Kier molecular flexibility index (Phi) is 5.92. The molecule has 0 spiro atoms. The lowest BCUT2D eigenvalue weighted by molar-refractivity contribution is -0.130. The van der Waals surface area contributed by atoms with Crippen molar-refractivity contribution < 1.29 is 9.59 Å². The van der Waals surface area contributed by atoms with E-state index >= 15 is 0 Å². The quantitative estimate of drug-likeness (QED) is 0.435. The van der Waals surface area contributed by atoms with Crippen LogP contribution in [0.25, 0.3) is 0 Å². The smallest absolute Gasteiger partial charge is 0.264 e. The van der Waals surface area contributed by atoms with Crippen LogP contribution in [0.15, 0.2) is 97.3 Å². The molecule has 3 aromatic carbocycles. The van der Waals surface area contributed by atoms with Crippen molar-refractivity contribution in [3.63, 3.8) is 0 Å². The van der Waals surface area contributed by atoms with Crippen molar-refractivity contribution in [1.82, 2.24) is 25.1 Å². The van der Waals surface area contributed by atoms with Gasteiger partial charge in [0.05, 0.1) is 24.5 Å². The van der Waals surface area contributed by atoms with E-state index in [1.54, 1.807) is 29.4 Å². The minimum Gasteiger partial charge on any atom is -0.334 e. The highest BCUT2D eigenvalue weighted by atomic mass is 16.2. The van der Waals surface area contributed by atoms with Crippen LogP contribution in [0, 0.1) is 5.41 Å². The summed E-state index contributed by atoms with van der Waals surface area (Å²) in [5, 5.41) is 11.9. The molecule has 2 amide bonds. The molecule has 1 fully saturated rings. The van der Waals surface area contributed by atoms with Crippen molar-refractivity contribution in [2.75, 3.05) is 6.54 Å². The first-order valence-corrected chi connectivity index (χ1v) is 12.5. The number of guanidine groups is 1. The van der Waals surface area contributed by atoms with E-state index in [1.165, 1.54) is 4.90 Å². The number of hydrogen-bond donors (Lipinski definition) is 2.